The molecule has 0 radical (unpaired) electrons. The third-order valence-corrected chi connectivity index (χ3v) is 7.44. The van der Waals surface area contributed by atoms with Crippen LogP contribution in [0.3, 0.4) is 0 Å². The summed E-state index contributed by atoms with van der Waals surface area (Å²) in [5.41, 5.74) is 6.16. The van der Waals surface area contributed by atoms with Gasteiger partial charge in [0, 0.05) is 81.7 Å². The summed E-state index contributed by atoms with van der Waals surface area (Å²) in [7, 11) is 0. The monoisotopic (exact) mass is 1130 g/mol. The van der Waals surface area contributed by atoms with Crippen LogP contribution in [0.15, 0.2) is 218 Å². The van der Waals surface area contributed by atoms with Gasteiger partial charge in [-0.25, -0.2) is 0 Å². The third-order valence-electron chi connectivity index (χ3n) is 7.44. The summed E-state index contributed by atoms with van der Waals surface area (Å²) in [6.45, 7) is 0. The first-order chi connectivity index (χ1) is 26.5. The molecule has 58 heavy (non-hydrogen) atoms. The van der Waals surface area contributed by atoms with Gasteiger partial charge in [-0.1, -0.05) is 218 Å². The molecular formula is C51H42O3Pd4. The Kier molecular flexibility index (Phi) is 30.8. The summed E-state index contributed by atoms with van der Waals surface area (Å²) in [6.07, 6.45) is 20.4. The van der Waals surface area contributed by atoms with Gasteiger partial charge >= 0.3 is 0 Å². The molecule has 3 nitrogen and oxygen atoms in total. The number of rotatable bonds is 12. The maximum atomic E-state index is 11.6. The molecule has 0 fully saturated rings. The first-order valence-electron chi connectivity index (χ1n) is 17.5. The molecule has 0 atom stereocenters. The van der Waals surface area contributed by atoms with Gasteiger partial charge in [0.1, 0.15) is 0 Å². The first kappa shape index (κ1) is 53.4. The quantitative estimate of drug-likeness (QED) is 0.0906. The van der Waals surface area contributed by atoms with Crippen LogP contribution in [-0.2, 0) is 96.1 Å². The van der Waals surface area contributed by atoms with Gasteiger partial charge in [-0.15, -0.1) is 0 Å². The fourth-order valence-electron chi connectivity index (χ4n) is 4.62. The Labute approximate surface area is 398 Å². The molecular weight excluding hydrogens is 1090 g/mol. The molecule has 0 aliphatic heterocycles. The second-order valence-electron chi connectivity index (χ2n) is 11.7. The second kappa shape index (κ2) is 33.4. The summed E-state index contributed by atoms with van der Waals surface area (Å²) in [6, 6.07) is 58.7. The SMILES string of the molecule is O=C(C=Cc1ccccc1)C=Cc1ccccc1.O=C(C=Cc1ccccc1)C=Cc1ccccc1.O=C(C=Cc1ccccc1)C=Cc1ccccc1.[Pd].[Pd].[Pd].[Pd]. The molecule has 7 heteroatoms. The van der Waals surface area contributed by atoms with Gasteiger partial charge in [0.25, 0.3) is 0 Å². The molecule has 6 aromatic carbocycles. The molecule has 6 aromatic rings. The van der Waals surface area contributed by atoms with E-state index in [1.165, 1.54) is 0 Å². The molecule has 0 amide bonds. The van der Waals surface area contributed by atoms with E-state index in [0.29, 0.717) is 0 Å². The van der Waals surface area contributed by atoms with Crippen molar-refractivity contribution >= 4 is 53.8 Å². The van der Waals surface area contributed by atoms with Crippen LogP contribution in [0.1, 0.15) is 33.4 Å². The molecule has 6 rings (SSSR count). The van der Waals surface area contributed by atoms with Crippen LogP contribution in [0.4, 0.5) is 0 Å². The van der Waals surface area contributed by atoms with E-state index in [9.17, 15) is 14.4 Å². The van der Waals surface area contributed by atoms with Crippen LogP contribution in [0.5, 0.6) is 0 Å². The van der Waals surface area contributed by atoms with E-state index in [4.69, 9.17) is 0 Å². The number of ketones is 3. The maximum Gasteiger partial charge on any atom is 0.178 e. The molecule has 0 aliphatic rings. The molecule has 0 aromatic heterocycles. The van der Waals surface area contributed by atoms with Crippen molar-refractivity contribution in [3.05, 3.63) is 252 Å². The van der Waals surface area contributed by atoms with E-state index in [0.717, 1.165) is 33.4 Å². The van der Waals surface area contributed by atoms with E-state index in [1.807, 2.05) is 218 Å². The van der Waals surface area contributed by atoms with E-state index in [1.54, 1.807) is 36.5 Å². The average Bonchev–Trinajstić information content (AvgIpc) is 3.24. The van der Waals surface area contributed by atoms with Gasteiger partial charge in [-0.3, -0.25) is 14.4 Å². The number of hydrogen-bond donors (Lipinski definition) is 0. The minimum atomic E-state index is -0.0114. The van der Waals surface area contributed by atoms with Crippen LogP contribution in [0.2, 0.25) is 0 Å². The van der Waals surface area contributed by atoms with Crippen LogP contribution in [0.25, 0.3) is 36.5 Å². The van der Waals surface area contributed by atoms with Crippen molar-refractivity contribution in [3.63, 3.8) is 0 Å². The molecule has 0 heterocycles. The Balaban J connectivity index is 0.000000812. The van der Waals surface area contributed by atoms with Gasteiger partial charge in [0.2, 0.25) is 0 Å². The molecule has 304 valence electrons. The summed E-state index contributed by atoms with van der Waals surface area (Å²) in [5, 5.41) is 0. The van der Waals surface area contributed by atoms with Crippen LogP contribution >= 0.6 is 0 Å². The van der Waals surface area contributed by atoms with Crippen molar-refractivity contribution in [3.8, 4) is 0 Å². The minimum Gasteiger partial charge on any atom is -0.290 e. The molecule has 0 bridgehead atoms. The molecule has 0 unspecified atom stereocenters. The molecule has 0 saturated heterocycles. The zero-order valence-corrected chi connectivity index (χ0v) is 37.5. The Morgan fingerprint density at radius 1 is 0.224 bits per heavy atom. The van der Waals surface area contributed by atoms with Crippen molar-refractivity contribution in [1.29, 1.82) is 0 Å². The van der Waals surface area contributed by atoms with Crippen LogP contribution < -0.4 is 0 Å². The van der Waals surface area contributed by atoms with Gasteiger partial charge in [0.05, 0.1) is 0 Å². The normalized spacial score (nSPS) is 10.3. The standard InChI is InChI=1S/3C17H14O.4Pd/c3*18-17(13-11-15-7-3-1-4-8-15)14-12-16-9-5-2-6-10-16;;;;/h3*1-14H;;;;. The topological polar surface area (TPSA) is 51.2 Å². The van der Waals surface area contributed by atoms with Crippen molar-refractivity contribution in [2.45, 2.75) is 0 Å². The summed E-state index contributed by atoms with van der Waals surface area (Å²) in [5.74, 6) is -0.0341. The largest absolute Gasteiger partial charge is 0.290 e. The summed E-state index contributed by atoms with van der Waals surface area (Å²) in [4.78, 5) is 34.8. The van der Waals surface area contributed by atoms with Crippen molar-refractivity contribution < 1.29 is 96.1 Å². The van der Waals surface area contributed by atoms with Crippen LogP contribution in [0, 0.1) is 0 Å². The predicted molar refractivity (Wildman–Crippen MR) is 228 cm³/mol. The van der Waals surface area contributed by atoms with Gasteiger partial charge in [0.15, 0.2) is 17.3 Å². The van der Waals surface area contributed by atoms with E-state index < -0.39 is 0 Å². The average molecular weight is 1130 g/mol. The van der Waals surface area contributed by atoms with Crippen molar-refractivity contribution in [2.24, 2.45) is 0 Å². The Hall–Kier alpha value is -4.58. The molecule has 0 aliphatic carbocycles. The molecule has 0 saturated carbocycles. The maximum absolute atomic E-state index is 11.6. The van der Waals surface area contributed by atoms with E-state index in [2.05, 4.69) is 0 Å². The van der Waals surface area contributed by atoms with E-state index >= 15 is 0 Å². The smallest absolute Gasteiger partial charge is 0.178 e. The zero-order valence-electron chi connectivity index (χ0n) is 31.2. The zero-order chi connectivity index (χ0) is 37.9. The fraction of sp³-hybridized carbons (Fsp3) is 0. The molecule has 0 N–H and O–H groups in total. The predicted octanol–water partition coefficient (Wildman–Crippen LogP) is 11.9. The first-order valence-corrected chi connectivity index (χ1v) is 17.5. The van der Waals surface area contributed by atoms with Gasteiger partial charge in [-0.05, 0) is 69.8 Å². The number of hydrogen-bond acceptors (Lipinski definition) is 3. The van der Waals surface area contributed by atoms with Crippen LogP contribution in [-0.4, -0.2) is 17.3 Å². The Bertz CT molecular complexity index is 1770. The Morgan fingerprint density at radius 3 is 0.466 bits per heavy atom. The van der Waals surface area contributed by atoms with Gasteiger partial charge in [-0.2, -0.15) is 0 Å². The van der Waals surface area contributed by atoms with Gasteiger partial charge < -0.3 is 0 Å². The third kappa shape index (κ3) is 24.2. The summed E-state index contributed by atoms with van der Waals surface area (Å²) < 4.78 is 0. The fourth-order valence-corrected chi connectivity index (χ4v) is 4.62. The number of carbonyl (C=O) groups excluding carboxylic acids is 3. The molecule has 0 spiro atoms. The van der Waals surface area contributed by atoms with Crippen molar-refractivity contribution in [1.82, 2.24) is 0 Å². The number of allylic oxidation sites excluding steroid dienone is 6. The summed E-state index contributed by atoms with van der Waals surface area (Å²) >= 11 is 0. The minimum absolute atomic E-state index is 0. The number of carbonyl (C=O) groups is 3. The second-order valence-corrected chi connectivity index (χ2v) is 11.7. The Morgan fingerprint density at radius 2 is 0.345 bits per heavy atom. The number of benzene rings is 6. The van der Waals surface area contributed by atoms with E-state index in [-0.39, 0.29) is 99.0 Å². The van der Waals surface area contributed by atoms with Crippen molar-refractivity contribution in [2.75, 3.05) is 0 Å².